The molecule has 8 heteroatoms. The van der Waals surface area contributed by atoms with Crippen molar-refractivity contribution in [1.82, 2.24) is 9.21 Å². The minimum atomic E-state index is -3.62. The number of hydrogen-bond donors (Lipinski definition) is 0. The second-order valence-electron chi connectivity index (χ2n) is 8.72. The van der Waals surface area contributed by atoms with Crippen molar-refractivity contribution < 1.29 is 18.0 Å². The molecule has 32 heavy (non-hydrogen) atoms. The Morgan fingerprint density at radius 2 is 1.28 bits per heavy atom. The molecule has 1 aliphatic carbocycles. The number of sulfonamides is 1. The molecule has 0 spiro atoms. The zero-order valence-electron chi connectivity index (χ0n) is 17.9. The quantitative estimate of drug-likeness (QED) is 0.665. The molecule has 0 bridgehead atoms. The summed E-state index contributed by atoms with van der Waals surface area (Å²) in [5, 5.41) is 0. The lowest BCUT2D eigenvalue weighted by molar-refractivity contribution is 0.0926. The molecule has 2 fully saturated rings. The first-order valence-electron chi connectivity index (χ1n) is 11.3. The van der Waals surface area contributed by atoms with Crippen molar-refractivity contribution in [2.24, 2.45) is 0 Å². The van der Waals surface area contributed by atoms with E-state index in [9.17, 15) is 18.0 Å². The maximum absolute atomic E-state index is 13.2. The number of fused-ring (bicyclic) bond motifs is 1. The molecule has 1 saturated heterocycles. The minimum absolute atomic E-state index is 0.184. The van der Waals surface area contributed by atoms with Gasteiger partial charge >= 0.3 is 0 Å². The number of hydrogen-bond acceptors (Lipinski definition) is 5. The number of piperazine rings is 1. The highest BCUT2D eigenvalue weighted by atomic mass is 32.2. The Hall–Kier alpha value is -2.55. The molecule has 2 amide bonds. The van der Waals surface area contributed by atoms with E-state index < -0.39 is 10.0 Å². The highest BCUT2D eigenvalue weighted by Crippen LogP contribution is 2.30. The molecule has 2 aromatic rings. The lowest BCUT2D eigenvalue weighted by Crippen LogP contribution is -2.52. The molecule has 168 valence electrons. The standard InChI is InChI=1S/C24H27N3O4S/c28-23-21-8-4-5-9-22(21)24(29)27(23)19-10-12-20(13-11-19)32(30,31)26-16-14-25(15-17-26)18-6-2-1-3-7-18/h4-5,8-13,18H,1-3,6-7,14-17H2. The van der Waals surface area contributed by atoms with E-state index in [1.807, 2.05) is 0 Å². The monoisotopic (exact) mass is 453 g/mol. The summed E-state index contributed by atoms with van der Waals surface area (Å²) in [4.78, 5) is 29.1. The van der Waals surface area contributed by atoms with Gasteiger partial charge in [-0.1, -0.05) is 31.4 Å². The number of carbonyl (C=O) groups excluding carboxylic acids is 2. The van der Waals surface area contributed by atoms with Crippen LogP contribution in [0.25, 0.3) is 0 Å². The first kappa shape index (κ1) is 21.3. The molecule has 3 aliphatic rings. The Balaban J connectivity index is 1.29. The first-order chi connectivity index (χ1) is 15.5. The van der Waals surface area contributed by atoms with Gasteiger partial charge in [0.1, 0.15) is 0 Å². The van der Waals surface area contributed by atoms with Crippen molar-refractivity contribution >= 4 is 27.5 Å². The zero-order valence-corrected chi connectivity index (χ0v) is 18.8. The predicted octanol–water partition coefficient (Wildman–Crippen LogP) is 3.13. The van der Waals surface area contributed by atoms with Crippen molar-refractivity contribution in [3.63, 3.8) is 0 Å². The first-order valence-corrected chi connectivity index (χ1v) is 12.7. The lowest BCUT2D eigenvalue weighted by Gasteiger charge is -2.40. The maximum Gasteiger partial charge on any atom is 0.266 e. The van der Waals surface area contributed by atoms with Gasteiger partial charge < -0.3 is 0 Å². The van der Waals surface area contributed by atoms with Gasteiger partial charge in [-0.05, 0) is 49.2 Å². The fourth-order valence-electron chi connectivity index (χ4n) is 5.10. The van der Waals surface area contributed by atoms with Crippen LogP contribution in [0.2, 0.25) is 0 Å². The normalized spacial score (nSPS) is 21.2. The number of nitrogens with zero attached hydrogens (tertiary/aromatic N) is 3. The van der Waals surface area contributed by atoms with Gasteiger partial charge in [0.15, 0.2) is 0 Å². The molecular formula is C24H27N3O4S. The molecule has 2 heterocycles. The highest BCUT2D eigenvalue weighted by Gasteiger charge is 2.37. The second kappa shape index (κ2) is 8.42. The van der Waals surface area contributed by atoms with Crippen LogP contribution in [-0.4, -0.2) is 61.7 Å². The number of amides is 2. The van der Waals surface area contributed by atoms with Crippen molar-refractivity contribution in [2.45, 2.75) is 43.0 Å². The number of imide groups is 1. The maximum atomic E-state index is 13.2. The summed E-state index contributed by atoms with van der Waals surface area (Å²) in [6, 6.07) is 13.3. The van der Waals surface area contributed by atoms with Crippen LogP contribution in [-0.2, 0) is 10.0 Å². The molecule has 0 aromatic heterocycles. The molecule has 0 radical (unpaired) electrons. The predicted molar refractivity (Wildman–Crippen MR) is 121 cm³/mol. The third-order valence-corrected chi connectivity index (χ3v) is 8.80. The summed E-state index contributed by atoms with van der Waals surface area (Å²) >= 11 is 0. The molecule has 2 aromatic carbocycles. The summed E-state index contributed by atoms with van der Waals surface area (Å²) in [6.07, 6.45) is 6.27. The largest absolute Gasteiger partial charge is 0.298 e. The van der Waals surface area contributed by atoms with E-state index in [4.69, 9.17) is 0 Å². The van der Waals surface area contributed by atoms with E-state index in [2.05, 4.69) is 4.90 Å². The Bertz CT molecular complexity index is 1100. The van der Waals surface area contributed by atoms with Gasteiger partial charge in [-0.15, -0.1) is 0 Å². The van der Waals surface area contributed by atoms with Crippen molar-refractivity contribution in [3.05, 3.63) is 59.7 Å². The molecule has 5 rings (SSSR count). The van der Waals surface area contributed by atoms with Crippen LogP contribution in [0, 0.1) is 0 Å². The molecule has 0 N–H and O–H groups in total. The van der Waals surface area contributed by atoms with Crippen LogP contribution < -0.4 is 4.90 Å². The minimum Gasteiger partial charge on any atom is -0.298 e. The van der Waals surface area contributed by atoms with Gasteiger partial charge in [-0.3, -0.25) is 14.5 Å². The number of rotatable bonds is 4. The van der Waals surface area contributed by atoms with Crippen molar-refractivity contribution in [2.75, 3.05) is 31.1 Å². The van der Waals surface area contributed by atoms with Crippen LogP contribution in [0.1, 0.15) is 52.8 Å². The third-order valence-electron chi connectivity index (χ3n) is 6.89. The summed E-state index contributed by atoms with van der Waals surface area (Å²) in [5.41, 5.74) is 1.10. The van der Waals surface area contributed by atoms with Gasteiger partial charge in [0.2, 0.25) is 10.0 Å². The SMILES string of the molecule is O=C1c2ccccc2C(=O)N1c1ccc(S(=O)(=O)N2CCN(C3CCCCC3)CC2)cc1. The van der Waals surface area contributed by atoms with Gasteiger partial charge in [0, 0.05) is 32.2 Å². The molecule has 7 nitrogen and oxygen atoms in total. The molecule has 0 atom stereocenters. The third kappa shape index (κ3) is 3.66. The summed E-state index contributed by atoms with van der Waals surface area (Å²) in [5.74, 6) is -0.778. The number of carbonyl (C=O) groups is 2. The molecule has 0 unspecified atom stereocenters. The van der Waals surface area contributed by atoms with Gasteiger partial charge in [-0.2, -0.15) is 4.31 Å². The Morgan fingerprint density at radius 3 is 1.84 bits per heavy atom. The Kier molecular flexibility index (Phi) is 5.61. The Morgan fingerprint density at radius 1 is 0.719 bits per heavy atom. The number of benzene rings is 2. The topological polar surface area (TPSA) is 78.0 Å². The van der Waals surface area contributed by atoms with E-state index in [-0.39, 0.29) is 16.7 Å². The van der Waals surface area contributed by atoms with Crippen molar-refractivity contribution in [3.8, 4) is 0 Å². The van der Waals surface area contributed by atoms with E-state index in [0.29, 0.717) is 35.9 Å². The Labute approximate surface area is 188 Å². The van der Waals surface area contributed by atoms with Crippen LogP contribution in [0.5, 0.6) is 0 Å². The second-order valence-corrected chi connectivity index (χ2v) is 10.7. The molecule has 1 saturated carbocycles. The van der Waals surface area contributed by atoms with Gasteiger partial charge in [-0.25, -0.2) is 13.3 Å². The van der Waals surface area contributed by atoms with Crippen molar-refractivity contribution in [1.29, 1.82) is 0 Å². The van der Waals surface area contributed by atoms with Gasteiger partial charge in [0.05, 0.1) is 21.7 Å². The van der Waals surface area contributed by atoms with Crippen LogP contribution in [0.3, 0.4) is 0 Å². The summed E-state index contributed by atoms with van der Waals surface area (Å²) < 4.78 is 27.9. The lowest BCUT2D eigenvalue weighted by atomic mass is 9.94. The summed E-state index contributed by atoms with van der Waals surface area (Å²) in [6.45, 7) is 2.49. The van der Waals surface area contributed by atoms with Gasteiger partial charge in [0.25, 0.3) is 11.8 Å². The van der Waals surface area contributed by atoms with E-state index in [1.165, 1.54) is 56.4 Å². The fourth-order valence-corrected chi connectivity index (χ4v) is 6.52. The van der Waals surface area contributed by atoms with Crippen LogP contribution in [0.15, 0.2) is 53.4 Å². The van der Waals surface area contributed by atoms with E-state index in [1.54, 1.807) is 28.6 Å². The van der Waals surface area contributed by atoms with Crippen LogP contribution >= 0.6 is 0 Å². The average molecular weight is 454 g/mol. The summed E-state index contributed by atoms with van der Waals surface area (Å²) in [7, 11) is -3.62. The number of anilines is 1. The molecular weight excluding hydrogens is 426 g/mol. The van der Waals surface area contributed by atoms with E-state index >= 15 is 0 Å². The average Bonchev–Trinajstić information content (AvgIpc) is 3.10. The fraction of sp³-hybridized carbons (Fsp3) is 0.417. The van der Waals surface area contributed by atoms with E-state index in [0.717, 1.165) is 18.0 Å². The smallest absolute Gasteiger partial charge is 0.266 e. The highest BCUT2D eigenvalue weighted by molar-refractivity contribution is 7.89. The zero-order chi connectivity index (χ0) is 22.3. The molecule has 2 aliphatic heterocycles. The van der Waals surface area contributed by atoms with Crippen LogP contribution in [0.4, 0.5) is 5.69 Å².